The molecule has 0 aliphatic heterocycles. The van der Waals surface area contributed by atoms with Gasteiger partial charge in [0.15, 0.2) is 11.5 Å². The third kappa shape index (κ3) is 1.93. The number of halogens is 1. The Morgan fingerprint density at radius 2 is 1.96 bits per heavy atom. The highest BCUT2D eigenvalue weighted by atomic mass is 32.2. The Bertz CT molecular complexity index is 687. The lowest BCUT2D eigenvalue weighted by atomic mass is 9.45. The van der Waals surface area contributed by atoms with Crippen molar-refractivity contribution >= 4 is 17.5 Å². The number of fused-ring (bicyclic) bond motifs is 5. The van der Waals surface area contributed by atoms with Gasteiger partial charge in [-0.25, -0.2) is 4.39 Å². The van der Waals surface area contributed by atoms with Crippen LogP contribution < -0.4 is 0 Å². The molecule has 138 valence electrons. The van der Waals surface area contributed by atoms with Crippen LogP contribution in [0.3, 0.4) is 0 Å². The van der Waals surface area contributed by atoms with Crippen molar-refractivity contribution in [3.05, 3.63) is 23.8 Å². The third-order valence-electron chi connectivity index (χ3n) is 8.62. The lowest BCUT2D eigenvalue weighted by Crippen LogP contribution is -2.67. The lowest BCUT2D eigenvalue weighted by Gasteiger charge is -2.63. The molecule has 7 atom stereocenters. The molecule has 25 heavy (non-hydrogen) atoms. The number of aliphatic hydroxyl groups is 1. The number of thioether (sulfide) groups is 1. The maximum absolute atomic E-state index is 16.8. The standard InChI is InChI=1S/C21H29FO2S/c1-18-9-7-14(23)11-13(18)5-6-16-15-8-10-20(3,25-4)19(15,2)12-17(24)21(16,18)22/h7,9,11,15-17,24H,5-6,8,10,12H2,1-4H3/t15-,16-,17-,18-,19-,20-,21?/m0/s1. The Hall–Kier alpha value is -0.610. The summed E-state index contributed by atoms with van der Waals surface area (Å²) in [4.78, 5) is 11.8. The van der Waals surface area contributed by atoms with Gasteiger partial charge in [0.2, 0.25) is 0 Å². The van der Waals surface area contributed by atoms with Gasteiger partial charge >= 0.3 is 0 Å². The van der Waals surface area contributed by atoms with Gasteiger partial charge in [-0.3, -0.25) is 4.79 Å². The van der Waals surface area contributed by atoms with Crippen LogP contribution in [0.2, 0.25) is 0 Å². The molecule has 3 fully saturated rings. The molecular weight excluding hydrogens is 335 g/mol. The van der Waals surface area contributed by atoms with Crippen molar-refractivity contribution in [2.75, 3.05) is 6.26 Å². The molecule has 3 saturated carbocycles. The molecule has 4 aliphatic carbocycles. The van der Waals surface area contributed by atoms with Crippen LogP contribution >= 0.6 is 11.8 Å². The molecule has 4 aliphatic rings. The monoisotopic (exact) mass is 364 g/mol. The summed E-state index contributed by atoms with van der Waals surface area (Å²) < 4.78 is 16.9. The number of rotatable bonds is 1. The van der Waals surface area contributed by atoms with Crippen molar-refractivity contribution in [3.63, 3.8) is 0 Å². The molecule has 0 saturated heterocycles. The van der Waals surface area contributed by atoms with Gasteiger partial charge in [-0.05, 0) is 75.7 Å². The highest BCUT2D eigenvalue weighted by Crippen LogP contribution is 2.71. The molecule has 0 spiro atoms. The number of carbonyl (C=O) groups excluding carboxylic acids is 1. The zero-order valence-corrected chi connectivity index (χ0v) is 16.5. The van der Waals surface area contributed by atoms with E-state index in [2.05, 4.69) is 20.1 Å². The van der Waals surface area contributed by atoms with Crippen LogP contribution in [0, 0.1) is 22.7 Å². The van der Waals surface area contributed by atoms with E-state index in [1.54, 1.807) is 12.2 Å². The molecular formula is C21H29FO2S. The molecule has 2 nitrogen and oxygen atoms in total. The molecule has 0 heterocycles. The zero-order valence-electron chi connectivity index (χ0n) is 15.6. The molecule has 0 amide bonds. The number of hydrogen-bond donors (Lipinski definition) is 1. The summed E-state index contributed by atoms with van der Waals surface area (Å²) >= 11 is 1.88. The summed E-state index contributed by atoms with van der Waals surface area (Å²) in [6.45, 7) is 6.46. The largest absolute Gasteiger partial charge is 0.390 e. The number of alkyl halides is 1. The van der Waals surface area contributed by atoms with E-state index in [4.69, 9.17) is 0 Å². The predicted molar refractivity (Wildman–Crippen MR) is 100 cm³/mol. The Morgan fingerprint density at radius 1 is 1.24 bits per heavy atom. The van der Waals surface area contributed by atoms with E-state index in [1.165, 1.54) is 6.08 Å². The number of allylic oxidation sites excluding steroid dienone is 4. The molecule has 0 aromatic heterocycles. The van der Waals surface area contributed by atoms with Crippen molar-refractivity contribution in [3.8, 4) is 0 Å². The van der Waals surface area contributed by atoms with Crippen molar-refractivity contribution in [2.24, 2.45) is 22.7 Å². The van der Waals surface area contributed by atoms with Gasteiger partial charge in [0.05, 0.1) is 6.10 Å². The Balaban J connectivity index is 1.82. The Kier molecular flexibility index (Phi) is 3.71. The fourth-order valence-electron chi connectivity index (χ4n) is 6.75. The topological polar surface area (TPSA) is 37.3 Å². The quantitative estimate of drug-likeness (QED) is 0.745. The molecule has 0 radical (unpaired) electrons. The van der Waals surface area contributed by atoms with Crippen molar-refractivity contribution < 1.29 is 14.3 Å². The average molecular weight is 365 g/mol. The first-order valence-electron chi connectivity index (χ1n) is 9.49. The predicted octanol–water partition coefficient (Wildman–Crippen LogP) is 4.48. The first-order chi connectivity index (χ1) is 11.6. The lowest BCUT2D eigenvalue weighted by molar-refractivity contribution is -0.191. The summed E-state index contributed by atoms with van der Waals surface area (Å²) in [7, 11) is 0. The van der Waals surface area contributed by atoms with E-state index < -0.39 is 17.2 Å². The molecule has 0 aromatic carbocycles. The molecule has 1 N–H and O–H groups in total. The molecule has 1 unspecified atom stereocenters. The Labute approximate surface area is 154 Å². The number of ketones is 1. The van der Waals surface area contributed by atoms with Crippen LogP contribution in [-0.4, -0.2) is 33.7 Å². The minimum atomic E-state index is -1.68. The van der Waals surface area contributed by atoms with Gasteiger partial charge in [0.25, 0.3) is 0 Å². The van der Waals surface area contributed by atoms with Crippen LogP contribution in [0.5, 0.6) is 0 Å². The van der Waals surface area contributed by atoms with Crippen LogP contribution in [0.15, 0.2) is 23.8 Å². The van der Waals surface area contributed by atoms with Gasteiger partial charge in [-0.2, -0.15) is 11.8 Å². The van der Waals surface area contributed by atoms with Gasteiger partial charge in [-0.1, -0.05) is 18.6 Å². The normalized spacial score (nSPS) is 54.6. The number of aliphatic hydroxyl groups excluding tert-OH is 1. The van der Waals surface area contributed by atoms with Gasteiger partial charge in [-0.15, -0.1) is 0 Å². The summed E-state index contributed by atoms with van der Waals surface area (Å²) in [5, 5.41) is 11.1. The summed E-state index contributed by atoms with van der Waals surface area (Å²) in [5.74, 6) is 0.0958. The Morgan fingerprint density at radius 3 is 2.64 bits per heavy atom. The summed E-state index contributed by atoms with van der Waals surface area (Å²) in [5.41, 5.74) is -1.71. The molecule has 0 aromatic rings. The van der Waals surface area contributed by atoms with E-state index in [0.29, 0.717) is 12.3 Å². The highest BCUT2D eigenvalue weighted by molar-refractivity contribution is 8.00. The fraction of sp³-hybridized carbons (Fsp3) is 0.762. The van der Waals surface area contributed by atoms with E-state index in [-0.39, 0.29) is 21.9 Å². The fourth-order valence-corrected chi connectivity index (χ4v) is 7.77. The van der Waals surface area contributed by atoms with Crippen LogP contribution in [0.25, 0.3) is 0 Å². The zero-order chi connectivity index (χ0) is 18.3. The van der Waals surface area contributed by atoms with E-state index >= 15 is 4.39 Å². The van der Waals surface area contributed by atoms with Crippen LogP contribution in [-0.2, 0) is 4.79 Å². The van der Waals surface area contributed by atoms with Crippen molar-refractivity contribution in [1.82, 2.24) is 0 Å². The molecule has 0 bridgehead atoms. The van der Waals surface area contributed by atoms with Crippen molar-refractivity contribution in [1.29, 1.82) is 0 Å². The average Bonchev–Trinajstić information content (AvgIpc) is 2.82. The molecule has 4 heteroatoms. The minimum Gasteiger partial charge on any atom is -0.390 e. The first-order valence-corrected chi connectivity index (χ1v) is 10.7. The van der Waals surface area contributed by atoms with Crippen LogP contribution in [0.4, 0.5) is 4.39 Å². The SMILES string of the molecule is CS[C@@]1(C)CC[C@H]2[C@@H]3CCC4=CC(=O)C=C[C@]4(C)C3(F)[C@@H](O)C[C@@]21C. The van der Waals surface area contributed by atoms with E-state index in [9.17, 15) is 9.90 Å². The summed E-state index contributed by atoms with van der Waals surface area (Å²) in [6, 6.07) is 0. The van der Waals surface area contributed by atoms with Gasteiger partial charge in [0.1, 0.15) is 0 Å². The number of carbonyl (C=O) groups is 1. The maximum atomic E-state index is 16.8. The second-order valence-corrected chi connectivity index (χ2v) is 10.5. The van der Waals surface area contributed by atoms with Crippen LogP contribution in [0.1, 0.15) is 52.9 Å². The van der Waals surface area contributed by atoms with E-state index in [1.807, 2.05) is 18.7 Å². The number of hydrogen-bond acceptors (Lipinski definition) is 3. The molecule has 4 rings (SSSR count). The van der Waals surface area contributed by atoms with Crippen molar-refractivity contribution in [2.45, 2.75) is 69.4 Å². The smallest absolute Gasteiger partial charge is 0.178 e. The summed E-state index contributed by atoms with van der Waals surface area (Å²) in [6.07, 6.45) is 10.1. The third-order valence-corrected chi connectivity index (χ3v) is 10.2. The maximum Gasteiger partial charge on any atom is 0.178 e. The van der Waals surface area contributed by atoms with Gasteiger partial charge < -0.3 is 5.11 Å². The van der Waals surface area contributed by atoms with E-state index in [0.717, 1.165) is 31.3 Å². The second kappa shape index (κ2) is 5.22. The highest BCUT2D eigenvalue weighted by Gasteiger charge is 2.72. The first kappa shape index (κ1) is 17.8. The van der Waals surface area contributed by atoms with Gasteiger partial charge in [0, 0.05) is 16.1 Å². The second-order valence-electron chi connectivity index (χ2n) is 9.24. The minimum absolute atomic E-state index is 0.0438.